The van der Waals surface area contributed by atoms with Gasteiger partial charge in [0.2, 0.25) is 0 Å². The summed E-state index contributed by atoms with van der Waals surface area (Å²) < 4.78 is 17.1. The third-order valence-corrected chi connectivity index (χ3v) is 4.28. The molecule has 1 aromatic heterocycles. The number of hydrogen-bond donors (Lipinski definition) is 1. The van der Waals surface area contributed by atoms with Gasteiger partial charge in [0.25, 0.3) is 0 Å². The molecule has 1 heterocycles. The average molecular weight is 265 g/mol. The van der Waals surface area contributed by atoms with Crippen LogP contribution < -0.4 is 5.32 Å². The van der Waals surface area contributed by atoms with Gasteiger partial charge >= 0.3 is 0 Å². The van der Waals surface area contributed by atoms with Gasteiger partial charge < -0.3 is 9.73 Å². The predicted molar refractivity (Wildman–Crippen MR) is 76.2 cm³/mol. The summed E-state index contributed by atoms with van der Waals surface area (Å²) in [6, 6.07) is 10.2. The molecule has 18 heavy (non-hydrogen) atoms. The van der Waals surface area contributed by atoms with E-state index in [1.165, 1.54) is 0 Å². The molecule has 0 aliphatic rings. The van der Waals surface area contributed by atoms with Gasteiger partial charge in [-0.15, -0.1) is 0 Å². The Bertz CT molecular complexity index is 502. The van der Waals surface area contributed by atoms with E-state index >= 15 is 0 Å². The molecule has 0 bridgehead atoms. The van der Waals surface area contributed by atoms with Gasteiger partial charge in [0, 0.05) is 34.2 Å². The van der Waals surface area contributed by atoms with E-state index in [9.17, 15) is 4.21 Å². The minimum atomic E-state index is -0.708. The Hall–Kier alpha value is -1.13. The lowest BCUT2D eigenvalue weighted by Crippen LogP contribution is -2.23. The second-order valence-electron chi connectivity index (χ2n) is 4.30. The number of para-hydroxylation sites is 1. The van der Waals surface area contributed by atoms with Crippen LogP contribution in [0.5, 0.6) is 0 Å². The van der Waals surface area contributed by atoms with Crippen molar-refractivity contribution < 1.29 is 8.63 Å². The molecule has 0 radical (unpaired) electrons. The summed E-state index contributed by atoms with van der Waals surface area (Å²) in [6.45, 7) is 4.75. The Morgan fingerprint density at radius 1 is 1.39 bits per heavy atom. The molecule has 0 aliphatic heterocycles. The van der Waals surface area contributed by atoms with E-state index in [0.717, 1.165) is 29.0 Å². The first-order valence-corrected chi connectivity index (χ1v) is 7.76. The lowest BCUT2D eigenvalue weighted by molar-refractivity contribution is 0.460. The van der Waals surface area contributed by atoms with Gasteiger partial charge in [0.1, 0.15) is 11.3 Å². The molecule has 0 amide bonds. The van der Waals surface area contributed by atoms with Crippen LogP contribution in [0.3, 0.4) is 0 Å². The first kappa shape index (κ1) is 13.3. The second-order valence-corrected chi connectivity index (χ2v) is 6.16. The van der Waals surface area contributed by atoms with Gasteiger partial charge in [-0.3, -0.25) is 4.21 Å². The maximum absolute atomic E-state index is 11.3. The van der Waals surface area contributed by atoms with Crippen molar-refractivity contribution in [3.8, 4) is 0 Å². The molecule has 1 aromatic carbocycles. The highest BCUT2D eigenvalue weighted by molar-refractivity contribution is 7.84. The van der Waals surface area contributed by atoms with Gasteiger partial charge in [0.15, 0.2) is 0 Å². The molecule has 98 valence electrons. The highest BCUT2D eigenvalue weighted by Crippen LogP contribution is 2.23. The molecule has 0 aliphatic carbocycles. The maximum Gasteiger partial charge on any atom is 0.134 e. The summed E-state index contributed by atoms with van der Waals surface area (Å²) in [4.78, 5) is 0. The molecule has 2 aromatic rings. The minimum Gasteiger partial charge on any atom is -0.459 e. The molecular formula is C14H19NO2S. The van der Waals surface area contributed by atoms with Gasteiger partial charge in [-0.1, -0.05) is 25.1 Å². The van der Waals surface area contributed by atoms with Crippen molar-refractivity contribution in [3.05, 3.63) is 36.1 Å². The van der Waals surface area contributed by atoms with Crippen molar-refractivity contribution in [3.63, 3.8) is 0 Å². The number of rotatable bonds is 6. The zero-order chi connectivity index (χ0) is 13.0. The summed E-state index contributed by atoms with van der Waals surface area (Å²) in [7, 11) is -0.708. The van der Waals surface area contributed by atoms with Crippen LogP contribution in [0.1, 0.15) is 25.6 Å². The lowest BCUT2D eigenvalue weighted by Gasteiger charge is -2.10. The van der Waals surface area contributed by atoms with Gasteiger partial charge in [-0.2, -0.15) is 0 Å². The van der Waals surface area contributed by atoms with E-state index in [0.29, 0.717) is 5.75 Å². The van der Waals surface area contributed by atoms with Crippen molar-refractivity contribution in [2.75, 3.05) is 18.1 Å². The van der Waals surface area contributed by atoms with Crippen molar-refractivity contribution in [2.24, 2.45) is 0 Å². The highest BCUT2D eigenvalue weighted by Gasteiger charge is 2.10. The fourth-order valence-electron chi connectivity index (χ4n) is 1.85. The fraction of sp³-hybridized carbons (Fsp3) is 0.429. The molecule has 0 saturated carbocycles. The van der Waals surface area contributed by atoms with Gasteiger partial charge in [-0.05, 0) is 19.1 Å². The van der Waals surface area contributed by atoms with E-state index in [4.69, 9.17) is 4.42 Å². The van der Waals surface area contributed by atoms with Crippen LogP contribution in [0.25, 0.3) is 11.0 Å². The Balaban J connectivity index is 1.96. The largest absolute Gasteiger partial charge is 0.459 e. The SMILES string of the molecule is CCS(=O)CCNC(C)c1cc2ccccc2o1. The highest BCUT2D eigenvalue weighted by atomic mass is 32.2. The molecule has 3 nitrogen and oxygen atoms in total. The van der Waals surface area contributed by atoms with Crippen molar-refractivity contribution in [1.82, 2.24) is 5.32 Å². The van der Waals surface area contributed by atoms with Crippen LogP contribution in [0.4, 0.5) is 0 Å². The maximum atomic E-state index is 11.3. The Morgan fingerprint density at radius 3 is 2.89 bits per heavy atom. The van der Waals surface area contributed by atoms with Crippen molar-refractivity contribution in [2.45, 2.75) is 19.9 Å². The summed E-state index contributed by atoms with van der Waals surface area (Å²) in [5.74, 6) is 2.35. The zero-order valence-corrected chi connectivity index (χ0v) is 11.6. The number of hydrogen-bond acceptors (Lipinski definition) is 3. The molecule has 0 saturated heterocycles. The van der Waals surface area contributed by atoms with Crippen LogP contribution in [0.2, 0.25) is 0 Å². The normalized spacial score (nSPS) is 14.8. The van der Waals surface area contributed by atoms with E-state index in [1.807, 2.05) is 31.2 Å². The van der Waals surface area contributed by atoms with E-state index in [1.54, 1.807) is 0 Å². The first-order valence-electron chi connectivity index (χ1n) is 6.27. The first-order chi connectivity index (χ1) is 8.70. The average Bonchev–Trinajstić information content (AvgIpc) is 2.82. The molecule has 0 spiro atoms. The predicted octanol–water partition coefficient (Wildman–Crippen LogP) is 2.85. The summed E-state index contributed by atoms with van der Waals surface area (Å²) in [6.07, 6.45) is 0. The lowest BCUT2D eigenvalue weighted by atomic mass is 10.2. The molecule has 1 N–H and O–H groups in total. The molecule has 2 unspecified atom stereocenters. The third kappa shape index (κ3) is 3.21. The number of fused-ring (bicyclic) bond motifs is 1. The standard InChI is InChI=1S/C14H19NO2S/c1-3-18(16)9-8-15-11(2)14-10-12-6-4-5-7-13(12)17-14/h4-7,10-11,15H,3,8-9H2,1-2H3. The topological polar surface area (TPSA) is 42.2 Å². The number of furan rings is 1. The molecule has 2 atom stereocenters. The summed E-state index contributed by atoms with van der Waals surface area (Å²) >= 11 is 0. The molecule has 2 rings (SSSR count). The monoisotopic (exact) mass is 265 g/mol. The Labute approximate surface area is 110 Å². The van der Waals surface area contributed by atoms with Crippen LogP contribution in [0.15, 0.2) is 34.7 Å². The molecule has 0 fully saturated rings. The smallest absolute Gasteiger partial charge is 0.134 e. The fourth-order valence-corrected chi connectivity index (χ4v) is 2.48. The number of benzene rings is 1. The zero-order valence-electron chi connectivity index (χ0n) is 10.8. The Morgan fingerprint density at radius 2 is 2.17 bits per heavy atom. The van der Waals surface area contributed by atoms with E-state index in [2.05, 4.69) is 18.3 Å². The van der Waals surface area contributed by atoms with Crippen molar-refractivity contribution in [1.29, 1.82) is 0 Å². The Kier molecular flexibility index (Phi) is 4.55. The second kappa shape index (κ2) is 6.16. The number of nitrogens with one attached hydrogen (secondary N) is 1. The van der Waals surface area contributed by atoms with Crippen LogP contribution in [0, 0.1) is 0 Å². The van der Waals surface area contributed by atoms with Crippen LogP contribution in [-0.2, 0) is 10.8 Å². The summed E-state index contributed by atoms with van der Waals surface area (Å²) in [5, 5.41) is 4.46. The molecular weight excluding hydrogens is 246 g/mol. The van der Waals surface area contributed by atoms with E-state index in [-0.39, 0.29) is 6.04 Å². The minimum absolute atomic E-state index is 0.145. The summed E-state index contributed by atoms with van der Waals surface area (Å²) in [5.41, 5.74) is 0.915. The van der Waals surface area contributed by atoms with E-state index < -0.39 is 10.8 Å². The van der Waals surface area contributed by atoms with Crippen LogP contribution in [-0.4, -0.2) is 22.3 Å². The quantitative estimate of drug-likeness (QED) is 0.873. The molecule has 4 heteroatoms. The van der Waals surface area contributed by atoms with Crippen LogP contribution >= 0.6 is 0 Å². The van der Waals surface area contributed by atoms with Gasteiger partial charge in [0.05, 0.1) is 6.04 Å². The third-order valence-electron chi connectivity index (χ3n) is 2.97. The van der Waals surface area contributed by atoms with Gasteiger partial charge in [-0.25, -0.2) is 0 Å². The van der Waals surface area contributed by atoms with Crippen molar-refractivity contribution >= 4 is 21.8 Å².